The van der Waals surface area contributed by atoms with E-state index in [-0.39, 0.29) is 5.69 Å². The van der Waals surface area contributed by atoms with Gasteiger partial charge >= 0.3 is 0 Å². The quantitative estimate of drug-likeness (QED) is 0.278. The molecule has 0 bridgehead atoms. The fourth-order valence-electron chi connectivity index (χ4n) is 3.51. The Labute approximate surface area is 180 Å². The van der Waals surface area contributed by atoms with Gasteiger partial charge in [0.1, 0.15) is 11.6 Å². The van der Waals surface area contributed by atoms with E-state index < -0.39 is 17.2 Å². The highest BCUT2D eigenvalue weighted by atomic mass is 32.2. The summed E-state index contributed by atoms with van der Waals surface area (Å²) in [5, 5.41) is 1.69. The molecule has 0 aliphatic rings. The topological polar surface area (TPSA) is 47.8 Å². The second-order valence-electron chi connectivity index (χ2n) is 6.93. The first-order valence-electron chi connectivity index (χ1n) is 9.54. The molecule has 2 aromatic heterocycles. The fourth-order valence-corrected chi connectivity index (χ4v) is 4.50. The number of benzene rings is 3. The summed E-state index contributed by atoms with van der Waals surface area (Å²) in [7, 11) is 0. The van der Waals surface area contributed by atoms with Gasteiger partial charge in [-0.15, -0.1) is 0 Å². The second-order valence-corrected chi connectivity index (χ2v) is 7.87. The predicted octanol–water partition coefficient (Wildman–Crippen LogP) is 5.50. The van der Waals surface area contributed by atoms with Crippen molar-refractivity contribution in [3.63, 3.8) is 0 Å². The van der Waals surface area contributed by atoms with Crippen LogP contribution in [0.4, 0.5) is 8.78 Å². The molecule has 0 amide bonds. The van der Waals surface area contributed by atoms with E-state index in [2.05, 4.69) is 9.97 Å². The molecular formula is C24H15F2N3OS. The lowest BCUT2D eigenvalue weighted by Crippen LogP contribution is -2.22. The van der Waals surface area contributed by atoms with Gasteiger partial charge < -0.3 is 0 Å². The van der Waals surface area contributed by atoms with Crippen LogP contribution >= 0.6 is 11.8 Å². The summed E-state index contributed by atoms with van der Waals surface area (Å²) in [4.78, 5) is 22.3. The van der Waals surface area contributed by atoms with Crippen molar-refractivity contribution >= 4 is 33.6 Å². The van der Waals surface area contributed by atoms with Gasteiger partial charge in [0.2, 0.25) is 0 Å². The van der Waals surface area contributed by atoms with Gasteiger partial charge in [0.15, 0.2) is 5.16 Å². The summed E-state index contributed by atoms with van der Waals surface area (Å²) in [6.45, 7) is 0. The van der Waals surface area contributed by atoms with Crippen molar-refractivity contribution < 1.29 is 8.78 Å². The molecule has 7 heteroatoms. The highest BCUT2D eigenvalue weighted by molar-refractivity contribution is 7.98. The minimum Gasteiger partial charge on any atom is -0.268 e. The lowest BCUT2D eigenvalue weighted by molar-refractivity contribution is 0.572. The highest BCUT2D eigenvalue weighted by Gasteiger charge is 2.17. The number of hydrogen-bond donors (Lipinski definition) is 0. The number of hydrogen-bond acceptors (Lipinski definition) is 4. The van der Waals surface area contributed by atoms with Crippen molar-refractivity contribution in [3.8, 4) is 5.69 Å². The molecule has 5 rings (SSSR count). The van der Waals surface area contributed by atoms with Crippen molar-refractivity contribution in [2.75, 3.05) is 0 Å². The summed E-state index contributed by atoms with van der Waals surface area (Å²) in [5.74, 6) is -1.06. The summed E-state index contributed by atoms with van der Waals surface area (Å²) in [5.41, 5.74) is 1.90. The molecule has 0 radical (unpaired) electrons. The Kier molecular flexibility index (Phi) is 4.95. The van der Waals surface area contributed by atoms with Crippen LogP contribution in [0.5, 0.6) is 0 Å². The van der Waals surface area contributed by atoms with Crippen LogP contribution in [0.15, 0.2) is 88.9 Å². The average molecular weight is 431 g/mol. The van der Waals surface area contributed by atoms with E-state index in [0.717, 1.165) is 28.6 Å². The number of halogens is 2. The van der Waals surface area contributed by atoms with Crippen LogP contribution in [0.1, 0.15) is 5.56 Å². The molecular weight excluding hydrogens is 416 g/mol. The van der Waals surface area contributed by atoms with Gasteiger partial charge in [-0.05, 0) is 35.9 Å². The molecule has 4 nitrogen and oxygen atoms in total. The van der Waals surface area contributed by atoms with E-state index in [0.29, 0.717) is 21.8 Å². The van der Waals surface area contributed by atoms with E-state index in [1.165, 1.54) is 22.4 Å². The molecule has 0 N–H and O–H groups in total. The second kappa shape index (κ2) is 7.92. The first kappa shape index (κ1) is 19.4. The van der Waals surface area contributed by atoms with Gasteiger partial charge in [-0.25, -0.2) is 13.8 Å². The first-order valence-corrected chi connectivity index (χ1v) is 10.5. The third-order valence-electron chi connectivity index (χ3n) is 4.97. The summed E-state index contributed by atoms with van der Waals surface area (Å²) < 4.78 is 29.3. The maximum absolute atomic E-state index is 14.6. The Balaban J connectivity index is 1.66. The van der Waals surface area contributed by atoms with Crippen LogP contribution in [0.2, 0.25) is 0 Å². The molecule has 0 atom stereocenters. The van der Waals surface area contributed by atoms with E-state index in [9.17, 15) is 13.6 Å². The van der Waals surface area contributed by atoms with Crippen LogP contribution < -0.4 is 5.56 Å². The Morgan fingerprint density at radius 1 is 0.935 bits per heavy atom. The zero-order valence-corrected chi connectivity index (χ0v) is 16.9. The standard InChI is InChI=1S/C24H15F2N3OS/c25-17-10-11-21(19(26)13-17)29-23(30)18-8-1-2-9-20(18)28-24(29)31-14-16-6-3-5-15-7-4-12-27-22(15)16/h1-13H,14H2. The third kappa shape index (κ3) is 3.57. The number of para-hydroxylation sites is 2. The Morgan fingerprint density at radius 2 is 1.77 bits per heavy atom. The molecule has 31 heavy (non-hydrogen) atoms. The van der Waals surface area contributed by atoms with Gasteiger partial charge in [0.25, 0.3) is 5.56 Å². The summed E-state index contributed by atoms with van der Waals surface area (Å²) in [6.07, 6.45) is 1.73. The lowest BCUT2D eigenvalue weighted by atomic mass is 10.1. The summed E-state index contributed by atoms with van der Waals surface area (Å²) >= 11 is 1.30. The van der Waals surface area contributed by atoms with Gasteiger partial charge in [0.05, 0.1) is 22.1 Å². The number of pyridine rings is 1. The predicted molar refractivity (Wildman–Crippen MR) is 119 cm³/mol. The van der Waals surface area contributed by atoms with Crippen LogP contribution in [-0.4, -0.2) is 14.5 Å². The zero-order valence-electron chi connectivity index (χ0n) is 16.1. The molecule has 3 aromatic carbocycles. The van der Waals surface area contributed by atoms with Crippen LogP contribution in [0, 0.1) is 11.6 Å². The van der Waals surface area contributed by atoms with Crippen LogP contribution in [0.3, 0.4) is 0 Å². The number of fused-ring (bicyclic) bond motifs is 2. The van der Waals surface area contributed by atoms with Crippen molar-refractivity contribution in [1.82, 2.24) is 14.5 Å². The van der Waals surface area contributed by atoms with Crippen molar-refractivity contribution in [2.45, 2.75) is 10.9 Å². The molecule has 152 valence electrons. The Bertz CT molecular complexity index is 1490. The lowest BCUT2D eigenvalue weighted by Gasteiger charge is -2.14. The van der Waals surface area contributed by atoms with Crippen molar-refractivity contribution in [2.24, 2.45) is 0 Å². The molecule has 0 saturated heterocycles. The Hall–Kier alpha value is -3.58. The van der Waals surface area contributed by atoms with Crippen LogP contribution in [0.25, 0.3) is 27.5 Å². The number of aromatic nitrogens is 3. The van der Waals surface area contributed by atoms with E-state index >= 15 is 0 Å². The molecule has 0 fully saturated rings. The van der Waals surface area contributed by atoms with Crippen LogP contribution in [-0.2, 0) is 5.75 Å². The van der Waals surface area contributed by atoms with Crippen molar-refractivity contribution in [1.29, 1.82) is 0 Å². The number of thioether (sulfide) groups is 1. The van der Waals surface area contributed by atoms with Crippen molar-refractivity contribution in [3.05, 3.63) is 107 Å². The molecule has 0 saturated carbocycles. The smallest absolute Gasteiger partial charge is 0.266 e. The SMILES string of the molecule is O=c1c2ccccc2nc(SCc2cccc3cccnc23)n1-c1ccc(F)cc1F. The molecule has 0 spiro atoms. The maximum Gasteiger partial charge on any atom is 0.266 e. The number of rotatable bonds is 4. The molecule has 0 aliphatic carbocycles. The van der Waals surface area contributed by atoms with Gasteiger partial charge in [-0.3, -0.25) is 14.3 Å². The minimum absolute atomic E-state index is 0.0387. The summed E-state index contributed by atoms with van der Waals surface area (Å²) in [6, 6.07) is 19.8. The van der Waals surface area contributed by atoms with E-state index in [1.807, 2.05) is 30.3 Å². The van der Waals surface area contributed by atoms with Gasteiger partial charge in [-0.2, -0.15) is 0 Å². The minimum atomic E-state index is -0.826. The Morgan fingerprint density at radius 3 is 2.65 bits per heavy atom. The zero-order chi connectivity index (χ0) is 21.4. The van der Waals surface area contributed by atoms with E-state index in [1.54, 1.807) is 30.5 Å². The molecule has 5 aromatic rings. The molecule has 2 heterocycles. The van der Waals surface area contributed by atoms with Gasteiger partial charge in [0, 0.05) is 23.4 Å². The third-order valence-corrected chi connectivity index (χ3v) is 5.96. The first-order chi connectivity index (χ1) is 15.1. The molecule has 0 unspecified atom stereocenters. The normalized spacial score (nSPS) is 11.3. The maximum atomic E-state index is 14.6. The average Bonchev–Trinajstić information content (AvgIpc) is 2.78. The van der Waals surface area contributed by atoms with Gasteiger partial charge in [-0.1, -0.05) is 48.2 Å². The van der Waals surface area contributed by atoms with E-state index in [4.69, 9.17) is 0 Å². The monoisotopic (exact) mass is 431 g/mol. The largest absolute Gasteiger partial charge is 0.268 e. The number of nitrogens with zero attached hydrogens (tertiary/aromatic N) is 3. The highest BCUT2D eigenvalue weighted by Crippen LogP contribution is 2.28. The fraction of sp³-hybridized carbons (Fsp3) is 0.0417. The molecule has 0 aliphatic heterocycles.